The van der Waals surface area contributed by atoms with E-state index in [0.717, 1.165) is 25.7 Å². The highest BCUT2D eigenvalue weighted by molar-refractivity contribution is 5.42. The topological polar surface area (TPSA) is 20.2 Å². The molecule has 0 heterocycles. The van der Waals surface area contributed by atoms with Gasteiger partial charge in [0.25, 0.3) is 0 Å². The van der Waals surface area contributed by atoms with E-state index < -0.39 is 5.60 Å². The number of hydrogen-bond donors (Lipinski definition) is 1. The Morgan fingerprint density at radius 1 is 1.20 bits per heavy atom. The monoisotopic (exact) mass is 272 g/mol. The molecule has 0 spiro atoms. The molecule has 20 heavy (non-hydrogen) atoms. The molecule has 1 heteroatoms. The lowest BCUT2D eigenvalue weighted by Gasteiger charge is -2.53. The van der Waals surface area contributed by atoms with Gasteiger partial charge in [-0.05, 0) is 73.0 Å². The zero-order valence-electron chi connectivity index (χ0n) is 13.4. The summed E-state index contributed by atoms with van der Waals surface area (Å²) >= 11 is 0. The first kappa shape index (κ1) is 14.1. The molecule has 1 nitrogen and oxygen atoms in total. The first-order chi connectivity index (χ1) is 9.34. The fourth-order valence-electron chi connectivity index (χ4n) is 4.84. The normalized spacial score (nSPS) is 36.6. The van der Waals surface area contributed by atoms with Crippen molar-refractivity contribution < 1.29 is 5.11 Å². The van der Waals surface area contributed by atoms with Crippen molar-refractivity contribution in [2.24, 2.45) is 5.92 Å². The molecular weight excluding hydrogens is 244 g/mol. The van der Waals surface area contributed by atoms with E-state index in [-0.39, 0.29) is 5.41 Å². The number of aliphatic hydroxyl groups is 1. The van der Waals surface area contributed by atoms with Crippen LogP contribution in [0.5, 0.6) is 0 Å². The van der Waals surface area contributed by atoms with E-state index in [9.17, 15) is 5.11 Å². The number of rotatable bonds is 1. The van der Waals surface area contributed by atoms with Crippen molar-refractivity contribution in [3.8, 4) is 0 Å². The Morgan fingerprint density at radius 2 is 1.95 bits per heavy atom. The Labute approximate surface area is 123 Å². The molecule has 2 aliphatic carbocycles. The van der Waals surface area contributed by atoms with Crippen molar-refractivity contribution in [2.75, 3.05) is 0 Å². The maximum atomic E-state index is 10.8. The zero-order chi connectivity index (χ0) is 14.5. The summed E-state index contributed by atoms with van der Waals surface area (Å²) in [5.74, 6) is 1.02. The molecule has 0 amide bonds. The van der Waals surface area contributed by atoms with Crippen LogP contribution in [0, 0.1) is 5.92 Å². The smallest absolute Gasteiger partial charge is 0.0656 e. The van der Waals surface area contributed by atoms with Crippen LogP contribution < -0.4 is 0 Å². The predicted octanol–water partition coefficient (Wildman–Crippen LogP) is 4.57. The Morgan fingerprint density at radius 3 is 2.65 bits per heavy atom. The van der Waals surface area contributed by atoms with Crippen LogP contribution in [0.3, 0.4) is 0 Å². The van der Waals surface area contributed by atoms with E-state index in [2.05, 4.69) is 45.9 Å². The largest absolute Gasteiger partial charge is 0.390 e. The van der Waals surface area contributed by atoms with Gasteiger partial charge >= 0.3 is 0 Å². The maximum Gasteiger partial charge on any atom is 0.0656 e. The van der Waals surface area contributed by atoms with E-state index in [1.807, 2.05) is 0 Å². The molecular formula is C19H28O. The molecule has 1 fully saturated rings. The van der Waals surface area contributed by atoms with Crippen molar-refractivity contribution in [1.82, 2.24) is 0 Å². The van der Waals surface area contributed by atoms with Gasteiger partial charge in [-0.1, -0.05) is 39.0 Å². The quantitative estimate of drug-likeness (QED) is 0.794. The van der Waals surface area contributed by atoms with E-state index in [1.54, 1.807) is 0 Å². The van der Waals surface area contributed by atoms with Crippen molar-refractivity contribution >= 4 is 0 Å². The van der Waals surface area contributed by atoms with Gasteiger partial charge in [-0.25, -0.2) is 0 Å². The van der Waals surface area contributed by atoms with E-state index in [1.165, 1.54) is 23.1 Å². The summed E-state index contributed by atoms with van der Waals surface area (Å²) in [7, 11) is 0. The standard InChI is InChI=1S/C19H28O/c1-13(2)14-6-8-16-15(12-14)7-9-17-18(16,3)10-5-11-19(17,4)20/h6,8,12-13,17,20H,5,7,9-11H2,1-4H3/t17-,18+,19-/m1/s1. The third kappa shape index (κ3) is 2.02. The minimum Gasteiger partial charge on any atom is -0.390 e. The van der Waals surface area contributed by atoms with Crippen molar-refractivity contribution in [2.45, 2.75) is 76.7 Å². The van der Waals surface area contributed by atoms with Gasteiger partial charge in [0.2, 0.25) is 0 Å². The van der Waals surface area contributed by atoms with Crippen LogP contribution in [0.15, 0.2) is 18.2 Å². The molecule has 3 rings (SSSR count). The zero-order valence-corrected chi connectivity index (χ0v) is 13.4. The Bertz CT molecular complexity index is 514. The first-order valence-electron chi connectivity index (χ1n) is 8.20. The molecule has 0 radical (unpaired) electrons. The molecule has 1 N–H and O–H groups in total. The molecule has 2 aliphatic rings. The number of aryl methyl sites for hydroxylation is 1. The van der Waals surface area contributed by atoms with Crippen LogP contribution in [0.25, 0.3) is 0 Å². The summed E-state index contributed by atoms with van der Waals surface area (Å²) in [4.78, 5) is 0. The fourth-order valence-corrected chi connectivity index (χ4v) is 4.84. The average Bonchev–Trinajstić information content (AvgIpc) is 2.37. The Hall–Kier alpha value is -0.820. The summed E-state index contributed by atoms with van der Waals surface area (Å²) < 4.78 is 0. The lowest BCUT2D eigenvalue weighted by atomic mass is 9.53. The molecule has 1 saturated carbocycles. The van der Waals surface area contributed by atoms with E-state index in [0.29, 0.717) is 11.8 Å². The second-order valence-corrected chi connectivity index (χ2v) is 7.79. The van der Waals surface area contributed by atoms with Crippen LogP contribution in [-0.2, 0) is 11.8 Å². The third-order valence-electron chi connectivity index (χ3n) is 6.01. The van der Waals surface area contributed by atoms with Gasteiger partial charge in [0, 0.05) is 0 Å². The van der Waals surface area contributed by atoms with Crippen LogP contribution in [-0.4, -0.2) is 10.7 Å². The van der Waals surface area contributed by atoms with Crippen LogP contribution >= 0.6 is 0 Å². The summed E-state index contributed by atoms with van der Waals surface area (Å²) in [5, 5.41) is 10.8. The molecule has 1 aromatic rings. The van der Waals surface area contributed by atoms with Gasteiger partial charge in [-0.15, -0.1) is 0 Å². The minimum atomic E-state index is -0.485. The minimum absolute atomic E-state index is 0.171. The van der Waals surface area contributed by atoms with Crippen molar-refractivity contribution in [1.29, 1.82) is 0 Å². The summed E-state index contributed by atoms with van der Waals surface area (Å²) in [5.41, 5.74) is 4.19. The predicted molar refractivity (Wildman–Crippen MR) is 84.2 cm³/mol. The molecule has 0 aromatic heterocycles. The van der Waals surface area contributed by atoms with Gasteiger partial charge in [0.1, 0.15) is 0 Å². The number of benzene rings is 1. The SMILES string of the molecule is CC(C)c1ccc2c(c1)CC[C@@H]1[C@@]2(C)CCC[C@@]1(C)O. The summed E-state index contributed by atoms with van der Waals surface area (Å²) in [6.07, 6.45) is 5.60. The van der Waals surface area contributed by atoms with Crippen LogP contribution in [0.2, 0.25) is 0 Å². The highest BCUT2D eigenvalue weighted by Crippen LogP contribution is 2.53. The van der Waals surface area contributed by atoms with Crippen LogP contribution in [0.1, 0.15) is 76.0 Å². The van der Waals surface area contributed by atoms with Gasteiger partial charge in [0.15, 0.2) is 0 Å². The second-order valence-electron chi connectivity index (χ2n) is 7.79. The molecule has 0 bridgehead atoms. The average molecular weight is 272 g/mol. The number of fused-ring (bicyclic) bond motifs is 3. The first-order valence-corrected chi connectivity index (χ1v) is 8.20. The Kier molecular flexibility index (Phi) is 3.25. The number of hydrogen-bond acceptors (Lipinski definition) is 1. The van der Waals surface area contributed by atoms with Gasteiger partial charge in [0.05, 0.1) is 5.60 Å². The molecule has 0 aliphatic heterocycles. The maximum absolute atomic E-state index is 10.8. The lowest BCUT2D eigenvalue weighted by molar-refractivity contribution is -0.0748. The van der Waals surface area contributed by atoms with Gasteiger partial charge in [-0.3, -0.25) is 0 Å². The second kappa shape index (κ2) is 4.59. The van der Waals surface area contributed by atoms with E-state index >= 15 is 0 Å². The molecule has 110 valence electrons. The van der Waals surface area contributed by atoms with Crippen molar-refractivity contribution in [3.63, 3.8) is 0 Å². The molecule has 1 aromatic carbocycles. The van der Waals surface area contributed by atoms with Gasteiger partial charge < -0.3 is 5.11 Å². The molecule has 0 unspecified atom stereocenters. The summed E-state index contributed by atoms with van der Waals surface area (Å²) in [6, 6.07) is 7.09. The van der Waals surface area contributed by atoms with Crippen molar-refractivity contribution in [3.05, 3.63) is 34.9 Å². The third-order valence-corrected chi connectivity index (χ3v) is 6.01. The van der Waals surface area contributed by atoms with Crippen LogP contribution in [0.4, 0.5) is 0 Å². The van der Waals surface area contributed by atoms with E-state index in [4.69, 9.17) is 0 Å². The highest BCUT2D eigenvalue weighted by atomic mass is 16.3. The Balaban J connectivity index is 2.06. The molecule has 0 saturated heterocycles. The lowest BCUT2D eigenvalue weighted by Crippen LogP contribution is -2.52. The van der Waals surface area contributed by atoms with Gasteiger partial charge in [-0.2, -0.15) is 0 Å². The molecule has 3 atom stereocenters. The highest BCUT2D eigenvalue weighted by Gasteiger charge is 2.50. The summed E-state index contributed by atoms with van der Waals surface area (Å²) in [6.45, 7) is 8.97. The fraction of sp³-hybridized carbons (Fsp3) is 0.684.